The van der Waals surface area contributed by atoms with E-state index in [0.717, 1.165) is 5.56 Å². The van der Waals surface area contributed by atoms with Crippen molar-refractivity contribution >= 4 is 39.1 Å². The van der Waals surface area contributed by atoms with Gasteiger partial charge in [0.1, 0.15) is 4.90 Å². The Kier molecular flexibility index (Phi) is 6.34. The monoisotopic (exact) mass is 478 g/mol. The summed E-state index contributed by atoms with van der Waals surface area (Å²) in [5.41, 5.74) is 0.814. The van der Waals surface area contributed by atoms with E-state index >= 15 is 0 Å². The van der Waals surface area contributed by atoms with Gasteiger partial charge in [-0.2, -0.15) is 9.40 Å². The van der Waals surface area contributed by atoms with E-state index in [1.807, 2.05) is 30.3 Å². The van der Waals surface area contributed by atoms with Gasteiger partial charge in [0.15, 0.2) is 6.04 Å². The molecule has 1 saturated heterocycles. The third kappa shape index (κ3) is 4.34. The second kappa shape index (κ2) is 9.00. The van der Waals surface area contributed by atoms with Crippen molar-refractivity contribution in [2.24, 2.45) is 0 Å². The van der Waals surface area contributed by atoms with Crippen LogP contribution in [0, 0.1) is 0 Å². The zero-order valence-corrected chi connectivity index (χ0v) is 18.8. The molecule has 1 unspecified atom stereocenters. The van der Waals surface area contributed by atoms with Gasteiger partial charge < -0.3 is 4.90 Å². The van der Waals surface area contributed by atoms with Crippen LogP contribution in [0.2, 0.25) is 10.0 Å². The van der Waals surface area contributed by atoms with Crippen LogP contribution in [0.5, 0.6) is 0 Å². The number of sulfonamides is 1. The highest BCUT2D eigenvalue weighted by Crippen LogP contribution is 2.32. The number of hydrogen-bond donors (Lipinski definition) is 0. The SMILES string of the molecule is O=C(C(c1ccccc1)n1cccn1)N1CCN(S(=O)(=O)c2c(Cl)cccc2Cl)CC1. The van der Waals surface area contributed by atoms with Gasteiger partial charge in [0, 0.05) is 38.6 Å². The van der Waals surface area contributed by atoms with Gasteiger partial charge in [0.25, 0.3) is 5.91 Å². The minimum Gasteiger partial charge on any atom is -0.338 e. The summed E-state index contributed by atoms with van der Waals surface area (Å²) in [4.78, 5) is 15.0. The first-order valence-corrected chi connectivity index (χ1v) is 11.9. The largest absolute Gasteiger partial charge is 0.338 e. The van der Waals surface area contributed by atoms with Crippen LogP contribution >= 0.6 is 23.2 Å². The second-order valence-electron chi connectivity index (χ2n) is 7.08. The van der Waals surface area contributed by atoms with E-state index < -0.39 is 16.1 Å². The molecule has 3 aromatic rings. The van der Waals surface area contributed by atoms with Crippen molar-refractivity contribution in [3.63, 3.8) is 0 Å². The molecule has 0 saturated carbocycles. The number of piperazine rings is 1. The number of rotatable bonds is 5. The molecule has 1 amide bonds. The fraction of sp³-hybridized carbons (Fsp3) is 0.238. The maximum atomic E-state index is 13.4. The quantitative estimate of drug-likeness (QED) is 0.563. The van der Waals surface area contributed by atoms with E-state index in [0.29, 0.717) is 0 Å². The van der Waals surface area contributed by atoms with Crippen LogP contribution in [-0.4, -0.2) is 59.5 Å². The summed E-state index contributed by atoms with van der Waals surface area (Å²) in [7, 11) is -3.87. The van der Waals surface area contributed by atoms with Crippen LogP contribution in [0.25, 0.3) is 0 Å². The Balaban J connectivity index is 1.53. The van der Waals surface area contributed by atoms with E-state index in [1.54, 1.807) is 34.1 Å². The summed E-state index contributed by atoms with van der Waals surface area (Å²) >= 11 is 12.2. The second-order valence-corrected chi connectivity index (χ2v) is 9.77. The fourth-order valence-electron chi connectivity index (χ4n) is 3.66. The van der Waals surface area contributed by atoms with Crippen molar-refractivity contribution in [1.82, 2.24) is 19.0 Å². The lowest BCUT2D eigenvalue weighted by Crippen LogP contribution is -2.52. The van der Waals surface area contributed by atoms with Crippen LogP contribution in [-0.2, 0) is 14.8 Å². The zero-order valence-electron chi connectivity index (χ0n) is 16.4. The van der Waals surface area contributed by atoms with Crippen LogP contribution in [0.15, 0.2) is 71.9 Å². The normalized spacial score (nSPS) is 16.3. The van der Waals surface area contributed by atoms with Crippen molar-refractivity contribution in [3.8, 4) is 0 Å². The van der Waals surface area contributed by atoms with Gasteiger partial charge in [-0.05, 0) is 23.8 Å². The predicted molar refractivity (Wildman–Crippen MR) is 119 cm³/mol. The summed E-state index contributed by atoms with van der Waals surface area (Å²) in [5.74, 6) is -0.136. The molecule has 1 fully saturated rings. The molecule has 2 aromatic carbocycles. The van der Waals surface area contributed by atoms with Gasteiger partial charge in [0.2, 0.25) is 10.0 Å². The molecule has 0 bridgehead atoms. The third-order valence-electron chi connectivity index (χ3n) is 5.21. The number of amides is 1. The Labute approximate surface area is 190 Å². The van der Waals surface area contributed by atoms with E-state index in [4.69, 9.17) is 23.2 Å². The van der Waals surface area contributed by atoms with Gasteiger partial charge in [-0.15, -0.1) is 0 Å². The van der Waals surface area contributed by atoms with Gasteiger partial charge in [-0.1, -0.05) is 59.6 Å². The van der Waals surface area contributed by atoms with E-state index in [9.17, 15) is 13.2 Å². The van der Waals surface area contributed by atoms with Crippen molar-refractivity contribution in [2.45, 2.75) is 10.9 Å². The molecule has 7 nitrogen and oxygen atoms in total. The van der Waals surface area contributed by atoms with Crippen LogP contribution < -0.4 is 0 Å². The lowest BCUT2D eigenvalue weighted by Gasteiger charge is -2.36. The first kappa shape index (κ1) is 21.8. The molecule has 0 aliphatic carbocycles. The van der Waals surface area contributed by atoms with Gasteiger partial charge in [-0.3, -0.25) is 9.48 Å². The number of carbonyl (C=O) groups excluding carboxylic acids is 1. The standard InChI is InChI=1S/C21H20Cl2N4O3S/c22-17-8-4-9-18(23)20(17)31(29,30)26-14-12-25(13-15-26)21(28)19(27-11-5-10-24-27)16-6-2-1-3-7-16/h1-11,19H,12-15H2. The molecule has 0 N–H and O–H groups in total. The van der Waals surface area contributed by atoms with Crippen LogP contribution in [0.4, 0.5) is 0 Å². The summed E-state index contributed by atoms with van der Waals surface area (Å²) < 4.78 is 29.1. The molecule has 162 valence electrons. The Morgan fingerprint density at radius 2 is 1.55 bits per heavy atom. The van der Waals surface area contributed by atoms with Crippen molar-refractivity contribution < 1.29 is 13.2 Å². The number of halogens is 2. The van der Waals surface area contributed by atoms with E-state index in [1.165, 1.54) is 16.4 Å². The summed E-state index contributed by atoms with van der Waals surface area (Å²) in [6.07, 6.45) is 3.37. The first-order valence-electron chi connectivity index (χ1n) is 9.66. The maximum Gasteiger partial charge on any atom is 0.252 e. The minimum absolute atomic E-state index is 0.0776. The summed E-state index contributed by atoms with van der Waals surface area (Å²) in [5, 5.41) is 4.41. The summed E-state index contributed by atoms with van der Waals surface area (Å²) in [6.45, 7) is 0.807. The Morgan fingerprint density at radius 3 is 2.13 bits per heavy atom. The molecular formula is C21H20Cl2N4O3S. The highest BCUT2D eigenvalue weighted by molar-refractivity contribution is 7.89. The topological polar surface area (TPSA) is 75.5 Å². The molecule has 1 aliphatic heterocycles. The molecule has 10 heteroatoms. The van der Waals surface area contributed by atoms with Crippen molar-refractivity contribution in [2.75, 3.05) is 26.2 Å². The molecule has 2 heterocycles. The first-order chi connectivity index (χ1) is 14.9. The number of nitrogens with zero attached hydrogens (tertiary/aromatic N) is 4. The molecule has 31 heavy (non-hydrogen) atoms. The maximum absolute atomic E-state index is 13.4. The summed E-state index contributed by atoms with van der Waals surface area (Å²) in [6, 6.07) is 15.1. The molecule has 0 spiro atoms. The zero-order chi connectivity index (χ0) is 22.0. The predicted octanol–water partition coefficient (Wildman–Crippen LogP) is 3.31. The minimum atomic E-state index is -3.87. The van der Waals surface area contributed by atoms with Gasteiger partial charge >= 0.3 is 0 Å². The Hall–Kier alpha value is -2.39. The Morgan fingerprint density at radius 1 is 0.903 bits per heavy atom. The van der Waals surface area contributed by atoms with Gasteiger partial charge in [0.05, 0.1) is 10.0 Å². The smallest absolute Gasteiger partial charge is 0.252 e. The van der Waals surface area contributed by atoms with E-state index in [-0.39, 0.29) is 47.0 Å². The van der Waals surface area contributed by atoms with E-state index in [2.05, 4.69) is 5.10 Å². The number of hydrogen-bond acceptors (Lipinski definition) is 4. The highest BCUT2D eigenvalue weighted by atomic mass is 35.5. The molecule has 0 radical (unpaired) electrons. The highest BCUT2D eigenvalue weighted by Gasteiger charge is 2.35. The molecule has 1 atom stereocenters. The molecular weight excluding hydrogens is 459 g/mol. The molecule has 1 aliphatic rings. The lowest BCUT2D eigenvalue weighted by molar-refractivity contribution is -0.135. The van der Waals surface area contributed by atoms with Crippen LogP contribution in [0.1, 0.15) is 11.6 Å². The van der Waals surface area contributed by atoms with Gasteiger partial charge in [-0.25, -0.2) is 8.42 Å². The third-order valence-corrected chi connectivity index (χ3v) is 8.06. The lowest BCUT2D eigenvalue weighted by atomic mass is 10.1. The van der Waals surface area contributed by atoms with Crippen molar-refractivity contribution in [1.29, 1.82) is 0 Å². The number of carbonyl (C=O) groups is 1. The molecule has 1 aromatic heterocycles. The number of aromatic nitrogens is 2. The molecule has 4 rings (SSSR count). The average molecular weight is 479 g/mol. The Bertz CT molecular complexity index is 1140. The fourth-order valence-corrected chi connectivity index (χ4v) is 6.17. The van der Waals surface area contributed by atoms with Crippen LogP contribution in [0.3, 0.4) is 0 Å². The average Bonchev–Trinajstić information content (AvgIpc) is 3.29. The van der Waals surface area contributed by atoms with Crippen molar-refractivity contribution in [3.05, 3.63) is 82.6 Å². The number of benzene rings is 2.